The van der Waals surface area contributed by atoms with Gasteiger partial charge in [0.25, 0.3) is 0 Å². The first-order chi connectivity index (χ1) is 10.2. The molecule has 1 aromatic carbocycles. The molecular formula is C19H30O2Si. The molecule has 0 saturated heterocycles. The number of ketones is 1. The van der Waals surface area contributed by atoms with E-state index < -0.39 is 8.32 Å². The largest absolute Gasteiger partial charge is 0.413 e. The quantitative estimate of drug-likeness (QED) is 0.642. The number of carbonyl (C=O) groups excluding carboxylic acids is 1. The molecule has 0 unspecified atom stereocenters. The lowest BCUT2D eigenvalue weighted by molar-refractivity contribution is -0.118. The maximum Gasteiger partial charge on any atom is 0.192 e. The standard InChI is InChI=1S/C19H30O2Si/c1-7-18(20)15-17-12-9-8-11-16(17)13-10-14-21-22(5,6)19(2,3)4/h8-13H,7,14-15H2,1-6H3/b13-10+. The average molecular weight is 319 g/mol. The SMILES string of the molecule is CCC(=O)Cc1ccccc1/C=C/CO[Si](C)(C)C(C)(C)C. The highest BCUT2D eigenvalue weighted by atomic mass is 28.4. The molecule has 0 N–H and O–H groups in total. The lowest BCUT2D eigenvalue weighted by Gasteiger charge is -2.35. The first kappa shape index (κ1) is 18.9. The highest BCUT2D eigenvalue weighted by Crippen LogP contribution is 2.36. The highest BCUT2D eigenvalue weighted by molar-refractivity contribution is 6.74. The fourth-order valence-corrected chi connectivity index (χ4v) is 2.79. The second kappa shape index (κ2) is 7.89. The van der Waals surface area contributed by atoms with Crippen LogP contribution in [0.5, 0.6) is 0 Å². The van der Waals surface area contributed by atoms with Crippen molar-refractivity contribution in [3.63, 3.8) is 0 Å². The van der Waals surface area contributed by atoms with Crippen molar-refractivity contribution in [1.29, 1.82) is 0 Å². The van der Waals surface area contributed by atoms with Gasteiger partial charge in [-0.1, -0.05) is 64.1 Å². The second-order valence-electron chi connectivity index (χ2n) is 7.24. The van der Waals surface area contributed by atoms with Crippen molar-refractivity contribution in [3.05, 3.63) is 41.5 Å². The Bertz CT molecular complexity index is 524. The predicted octanol–water partition coefficient (Wildman–Crippen LogP) is 5.24. The minimum atomic E-state index is -1.69. The number of hydrogen-bond acceptors (Lipinski definition) is 2. The molecule has 0 heterocycles. The van der Waals surface area contributed by atoms with E-state index in [1.807, 2.05) is 25.1 Å². The summed E-state index contributed by atoms with van der Waals surface area (Å²) in [5.74, 6) is 0.276. The summed E-state index contributed by atoms with van der Waals surface area (Å²) in [6, 6.07) is 8.08. The number of rotatable bonds is 7. The Kier molecular flexibility index (Phi) is 6.76. The molecule has 0 saturated carbocycles. The van der Waals surface area contributed by atoms with Gasteiger partial charge < -0.3 is 4.43 Å². The fourth-order valence-electron chi connectivity index (χ4n) is 1.84. The minimum Gasteiger partial charge on any atom is -0.413 e. The van der Waals surface area contributed by atoms with Crippen molar-refractivity contribution < 1.29 is 9.22 Å². The van der Waals surface area contributed by atoms with Gasteiger partial charge in [0.15, 0.2) is 8.32 Å². The first-order valence-corrected chi connectivity index (χ1v) is 11.0. The van der Waals surface area contributed by atoms with E-state index in [0.717, 1.165) is 11.1 Å². The van der Waals surface area contributed by atoms with E-state index in [0.29, 0.717) is 19.4 Å². The third-order valence-corrected chi connectivity index (χ3v) is 8.98. The smallest absolute Gasteiger partial charge is 0.192 e. The fraction of sp³-hybridized carbons (Fsp3) is 0.526. The Hall–Kier alpha value is -1.19. The maximum absolute atomic E-state index is 11.7. The lowest BCUT2D eigenvalue weighted by Crippen LogP contribution is -2.40. The summed E-state index contributed by atoms with van der Waals surface area (Å²) < 4.78 is 6.14. The van der Waals surface area contributed by atoms with Crippen LogP contribution in [0.25, 0.3) is 6.08 Å². The number of hydrogen-bond donors (Lipinski definition) is 0. The summed E-state index contributed by atoms with van der Waals surface area (Å²) in [4.78, 5) is 11.7. The number of carbonyl (C=O) groups is 1. The molecule has 1 rings (SSSR count). The van der Waals surface area contributed by atoms with Gasteiger partial charge in [-0.25, -0.2) is 0 Å². The first-order valence-electron chi connectivity index (χ1n) is 8.07. The zero-order chi connectivity index (χ0) is 16.8. The molecule has 0 spiro atoms. The van der Waals surface area contributed by atoms with Gasteiger partial charge in [0.1, 0.15) is 5.78 Å². The van der Waals surface area contributed by atoms with Crippen LogP contribution in [-0.2, 0) is 15.6 Å². The monoisotopic (exact) mass is 318 g/mol. The van der Waals surface area contributed by atoms with Crippen molar-refractivity contribution >= 4 is 20.2 Å². The Morgan fingerprint density at radius 2 is 1.86 bits per heavy atom. The van der Waals surface area contributed by atoms with Gasteiger partial charge in [-0.2, -0.15) is 0 Å². The van der Waals surface area contributed by atoms with Crippen LogP contribution < -0.4 is 0 Å². The van der Waals surface area contributed by atoms with E-state index in [9.17, 15) is 4.79 Å². The van der Waals surface area contributed by atoms with Crippen LogP contribution >= 0.6 is 0 Å². The zero-order valence-electron chi connectivity index (χ0n) is 14.9. The van der Waals surface area contributed by atoms with Crippen LogP contribution in [0.3, 0.4) is 0 Å². The van der Waals surface area contributed by atoms with Gasteiger partial charge >= 0.3 is 0 Å². The van der Waals surface area contributed by atoms with E-state index in [1.165, 1.54) is 0 Å². The topological polar surface area (TPSA) is 26.3 Å². The zero-order valence-corrected chi connectivity index (χ0v) is 15.9. The van der Waals surface area contributed by atoms with Gasteiger partial charge in [0, 0.05) is 12.8 Å². The molecule has 0 aliphatic rings. The number of benzene rings is 1. The van der Waals surface area contributed by atoms with E-state index in [1.54, 1.807) is 0 Å². The molecule has 0 fully saturated rings. The van der Waals surface area contributed by atoms with Gasteiger partial charge in [0.2, 0.25) is 0 Å². The van der Waals surface area contributed by atoms with Crippen molar-refractivity contribution in [3.8, 4) is 0 Å². The highest BCUT2D eigenvalue weighted by Gasteiger charge is 2.36. The molecule has 0 aliphatic carbocycles. The summed E-state index contributed by atoms with van der Waals surface area (Å²) in [6.07, 6.45) is 5.24. The number of Topliss-reactive ketones (excluding diaryl/α,β-unsaturated/α-hetero) is 1. The third kappa shape index (κ3) is 5.54. The molecule has 0 aliphatic heterocycles. The van der Waals surface area contributed by atoms with Gasteiger partial charge in [-0.3, -0.25) is 4.79 Å². The molecule has 122 valence electrons. The normalized spacial score (nSPS) is 12.8. The minimum absolute atomic E-state index is 0.228. The van der Waals surface area contributed by atoms with Gasteiger partial charge in [0.05, 0.1) is 6.61 Å². The van der Waals surface area contributed by atoms with Crippen LogP contribution in [0.1, 0.15) is 45.2 Å². The predicted molar refractivity (Wildman–Crippen MR) is 97.6 cm³/mol. The summed E-state index contributed by atoms with van der Waals surface area (Å²) in [7, 11) is -1.69. The molecule has 0 amide bonds. The van der Waals surface area contributed by atoms with Crippen LogP contribution in [0, 0.1) is 0 Å². The lowest BCUT2D eigenvalue weighted by atomic mass is 10.0. The van der Waals surface area contributed by atoms with Crippen LogP contribution in [-0.4, -0.2) is 20.7 Å². The molecule has 2 nitrogen and oxygen atoms in total. The maximum atomic E-state index is 11.7. The molecule has 22 heavy (non-hydrogen) atoms. The summed E-state index contributed by atoms with van der Waals surface area (Å²) in [5, 5.41) is 0.228. The molecule has 0 aromatic heterocycles. The average Bonchev–Trinajstić information content (AvgIpc) is 2.43. The van der Waals surface area contributed by atoms with Crippen molar-refractivity contribution in [2.75, 3.05) is 6.61 Å². The Balaban J connectivity index is 2.70. The van der Waals surface area contributed by atoms with E-state index in [4.69, 9.17) is 4.43 Å². The van der Waals surface area contributed by atoms with Gasteiger partial charge in [-0.05, 0) is 29.3 Å². The van der Waals surface area contributed by atoms with Crippen LogP contribution in [0.15, 0.2) is 30.3 Å². The summed E-state index contributed by atoms with van der Waals surface area (Å²) >= 11 is 0. The second-order valence-corrected chi connectivity index (χ2v) is 12.1. The van der Waals surface area contributed by atoms with Crippen molar-refractivity contribution in [1.82, 2.24) is 0 Å². The van der Waals surface area contributed by atoms with Crippen LogP contribution in [0.2, 0.25) is 18.1 Å². The van der Waals surface area contributed by atoms with Gasteiger partial charge in [-0.15, -0.1) is 0 Å². The molecule has 0 atom stereocenters. The van der Waals surface area contributed by atoms with Crippen molar-refractivity contribution in [2.45, 2.75) is 58.7 Å². The molecule has 0 radical (unpaired) electrons. The van der Waals surface area contributed by atoms with E-state index in [2.05, 4.69) is 52.1 Å². The van der Waals surface area contributed by atoms with E-state index >= 15 is 0 Å². The molecule has 0 bridgehead atoms. The summed E-state index contributed by atoms with van der Waals surface area (Å²) in [5.41, 5.74) is 2.21. The molecule has 1 aromatic rings. The molecular weight excluding hydrogens is 288 g/mol. The Morgan fingerprint density at radius 3 is 2.45 bits per heavy atom. The summed E-state index contributed by atoms with van der Waals surface area (Å²) in [6.45, 7) is 13.8. The van der Waals surface area contributed by atoms with E-state index in [-0.39, 0.29) is 10.8 Å². The Morgan fingerprint density at radius 1 is 1.23 bits per heavy atom. The molecule has 3 heteroatoms. The Labute approximate surface area is 136 Å². The van der Waals surface area contributed by atoms with Crippen LogP contribution in [0.4, 0.5) is 0 Å². The third-order valence-electron chi connectivity index (χ3n) is 4.48. The van der Waals surface area contributed by atoms with Crippen molar-refractivity contribution in [2.24, 2.45) is 0 Å².